The zero-order chi connectivity index (χ0) is 32.0. The summed E-state index contributed by atoms with van der Waals surface area (Å²) in [4.78, 5) is 12.9. The van der Waals surface area contributed by atoms with Crippen LogP contribution in [0.25, 0.3) is 44.9 Å². The monoisotopic (exact) mass is 748 g/mol. The van der Waals surface area contributed by atoms with Crippen molar-refractivity contribution < 1.29 is 24.2 Å². The van der Waals surface area contributed by atoms with Crippen LogP contribution in [0.4, 0.5) is 0 Å². The Morgan fingerprint density at radius 2 is 0.977 bits per heavy atom. The van der Waals surface area contributed by atoms with E-state index in [0.717, 1.165) is 33.6 Å². The van der Waals surface area contributed by atoms with E-state index in [2.05, 4.69) is 33.2 Å². The van der Waals surface area contributed by atoms with Crippen LogP contribution in [0.1, 0.15) is 9.68 Å². The summed E-state index contributed by atoms with van der Waals surface area (Å²) in [6.07, 6.45) is 5.21. The summed E-state index contributed by atoms with van der Waals surface area (Å²) < 4.78 is 23.5. The van der Waals surface area contributed by atoms with Gasteiger partial charge in [-0.1, -0.05) is 60.7 Å². The van der Waals surface area contributed by atoms with Crippen molar-refractivity contribution in [2.75, 3.05) is 0 Å². The van der Waals surface area contributed by atoms with Crippen LogP contribution in [0.3, 0.4) is 0 Å². The molecule has 4 aromatic carbocycles. The average Bonchev–Trinajstić information content (AvgIpc) is 3.14. The maximum atomic E-state index is 7.82. The zero-order valence-electron chi connectivity index (χ0n) is 26.8. The predicted octanol–water partition coefficient (Wildman–Crippen LogP) is 9.62. The standard InChI is InChI=1S/C18H14N.2C11H8N.Ir/c1-14-12-18(16-10-6-3-7-11-16)19-13-17(14)15-8-4-2-5-9-15;2*1-2-6-10(7-3-1)11-8-4-5-9-12-11;/h2-10,12-13H,1H3;2*1-6,8-9H;/q3*-1;+3/i1D3;;;. The molecule has 7 rings (SSSR count). The molecule has 0 aliphatic rings. The molecular weight excluding hydrogens is 715 g/mol. The Hall–Kier alpha value is -5.02. The number of aromatic nitrogens is 3. The van der Waals surface area contributed by atoms with E-state index in [9.17, 15) is 0 Å². The third-order valence-corrected chi connectivity index (χ3v) is 6.27. The average molecular weight is 748 g/mol. The Balaban J connectivity index is 0.000000170. The van der Waals surface area contributed by atoms with Crippen molar-refractivity contribution >= 4 is 0 Å². The number of benzene rings is 4. The second-order valence-electron chi connectivity index (χ2n) is 9.24. The fraction of sp³-hybridized carbons (Fsp3) is 0.0250. The van der Waals surface area contributed by atoms with Crippen LogP contribution < -0.4 is 0 Å². The number of hydrogen-bond acceptors (Lipinski definition) is 3. The van der Waals surface area contributed by atoms with Crippen LogP contribution in [-0.2, 0) is 20.1 Å². The van der Waals surface area contributed by atoms with Gasteiger partial charge < -0.3 is 15.0 Å². The summed E-state index contributed by atoms with van der Waals surface area (Å²) >= 11 is 0. The summed E-state index contributed by atoms with van der Waals surface area (Å²) in [5.41, 5.74) is 7.22. The second-order valence-corrected chi connectivity index (χ2v) is 9.24. The molecule has 0 aliphatic heterocycles. The van der Waals surface area contributed by atoms with Gasteiger partial charge in [-0.05, 0) is 47.2 Å². The van der Waals surface area contributed by atoms with Crippen LogP contribution in [-0.4, -0.2) is 15.0 Å². The largest absolute Gasteiger partial charge is 3.00 e. The van der Waals surface area contributed by atoms with E-state index in [1.807, 2.05) is 133 Å². The van der Waals surface area contributed by atoms with E-state index < -0.39 is 6.85 Å². The molecule has 0 amide bonds. The number of hydrogen-bond donors (Lipinski definition) is 0. The van der Waals surface area contributed by atoms with Crippen LogP contribution in [0.15, 0.2) is 164 Å². The van der Waals surface area contributed by atoms with Gasteiger partial charge in [-0.15, -0.1) is 108 Å². The molecule has 4 heteroatoms. The van der Waals surface area contributed by atoms with Gasteiger partial charge in [-0.2, -0.15) is 0 Å². The van der Waals surface area contributed by atoms with Gasteiger partial charge in [-0.3, -0.25) is 0 Å². The fourth-order valence-electron chi connectivity index (χ4n) is 4.15. The molecule has 0 spiro atoms. The summed E-state index contributed by atoms with van der Waals surface area (Å²) in [6, 6.07) is 55.2. The zero-order valence-corrected chi connectivity index (χ0v) is 26.2. The van der Waals surface area contributed by atoms with Crippen molar-refractivity contribution in [3.8, 4) is 44.9 Å². The van der Waals surface area contributed by atoms with Gasteiger partial charge in [-0.25, -0.2) is 0 Å². The number of pyridine rings is 3. The van der Waals surface area contributed by atoms with Gasteiger partial charge in [0.15, 0.2) is 0 Å². The Labute approximate surface area is 278 Å². The minimum atomic E-state index is -2.20. The first-order valence-electron chi connectivity index (χ1n) is 15.3. The Morgan fingerprint density at radius 3 is 1.41 bits per heavy atom. The van der Waals surface area contributed by atoms with Gasteiger partial charge in [0.05, 0.1) is 0 Å². The Morgan fingerprint density at radius 1 is 0.500 bits per heavy atom. The summed E-state index contributed by atoms with van der Waals surface area (Å²) in [5.74, 6) is 0. The molecule has 3 aromatic heterocycles. The van der Waals surface area contributed by atoms with E-state index in [1.165, 1.54) is 0 Å². The maximum Gasteiger partial charge on any atom is 3.00 e. The topological polar surface area (TPSA) is 38.7 Å². The van der Waals surface area contributed by atoms with Gasteiger partial charge in [0.2, 0.25) is 0 Å². The van der Waals surface area contributed by atoms with Crippen molar-refractivity contribution in [2.24, 2.45) is 0 Å². The Bertz CT molecular complexity index is 1740. The molecular formula is C40H30IrN3. The molecule has 0 aliphatic carbocycles. The van der Waals surface area contributed by atoms with Crippen LogP contribution in [0, 0.1) is 25.1 Å². The number of rotatable bonds is 4. The molecule has 0 N–H and O–H groups in total. The van der Waals surface area contributed by atoms with Crippen LogP contribution in [0.5, 0.6) is 0 Å². The van der Waals surface area contributed by atoms with Crippen molar-refractivity contribution in [3.63, 3.8) is 0 Å². The van der Waals surface area contributed by atoms with E-state index in [4.69, 9.17) is 4.11 Å². The molecule has 0 atom stereocenters. The van der Waals surface area contributed by atoms with Crippen LogP contribution >= 0.6 is 0 Å². The fourth-order valence-corrected chi connectivity index (χ4v) is 4.15. The molecule has 7 aromatic rings. The summed E-state index contributed by atoms with van der Waals surface area (Å²) in [7, 11) is 0. The van der Waals surface area contributed by atoms with Crippen molar-refractivity contribution in [1.82, 2.24) is 15.0 Å². The van der Waals surface area contributed by atoms with Gasteiger partial charge in [0.1, 0.15) is 0 Å². The molecule has 3 heterocycles. The smallest absolute Gasteiger partial charge is 0.305 e. The molecule has 0 bridgehead atoms. The van der Waals surface area contributed by atoms with Crippen molar-refractivity contribution in [3.05, 3.63) is 188 Å². The van der Waals surface area contributed by atoms with Gasteiger partial charge >= 0.3 is 20.1 Å². The summed E-state index contributed by atoms with van der Waals surface area (Å²) in [5, 5.41) is 0. The van der Waals surface area contributed by atoms with Gasteiger partial charge in [0.25, 0.3) is 0 Å². The molecule has 214 valence electrons. The third kappa shape index (κ3) is 9.24. The molecule has 0 fully saturated rings. The molecule has 3 nitrogen and oxygen atoms in total. The van der Waals surface area contributed by atoms with Gasteiger partial charge in [0, 0.05) is 28.3 Å². The first-order chi connectivity index (χ1) is 22.5. The summed E-state index contributed by atoms with van der Waals surface area (Å²) in [6.45, 7) is -2.20. The second kappa shape index (κ2) is 17.2. The van der Waals surface area contributed by atoms with E-state index in [1.54, 1.807) is 30.7 Å². The maximum absolute atomic E-state index is 7.82. The van der Waals surface area contributed by atoms with E-state index in [-0.39, 0.29) is 20.1 Å². The molecule has 0 saturated heterocycles. The van der Waals surface area contributed by atoms with E-state index >= 15 is 0 Å². The first-order valence-corrected chi connectivity index (χ1v) is 13.8. The minimum Gasteiger partial charge on any atom is -0.305 e. The third-order valence-electron chi connectivity index (χ3n) is 6.27. The predicted molar refractivity (Wildman–Crippen MR) is 176 cm³/mol. The molecule has 0 unspecified atom stereocenters. The molecule has 0 radical (unpaired) electrons. The SMILES string of the molecule is [2H]C([2H])([2H])c1cc(-c2[c-]cccc2)ncc1-c1ccccc1.[Ir+3].[c-]1ccccc1-c1ccccn1.[c-]1ccccc1-c1ccccn1. The first kappa shape index (κ1) is 27.8. The van der Waals surface area contributed by atoms with Crippen molar-refractivity contribution in [2.45, 2.75) is 6.85 Å². The number of nitrogens with zero attached hydrogens (tertiary/aromatic N) is 3. The van der Waals surface area contributed by atoms with Crippen molar-refractivity contribution in [1.29, 1.82) is 0 Å². The van der Waals surface area contributed by atoms with E-state index in [0.29, 0.717) is 16.8 Å². The molecule has 0 saturated carbocycles. The minimum absolute atomic E-state index is 0. The number of aryl methyl sites for hydroxylation is 1. The quantitative estimate of drug-likeness (QED) is 0.169. The Kier molecular flexibility index (Phi) is 10.9. The normalized spacial score (nSPS) is 11.0. The molecule has 44 heavy (non-hydrogen) atoms. The van der Waals surface area contributed by atoms with Crippen LogP contribution in [0.2, 0.25) is 0 Å².